The van der Waals surface area contributed by atoms with Crippen LogP contribution >= 0.6 is 46.6 Å². The summed E-state index contributed by atoms with van der Waals surface area (Å²) in [5.74, 6) is 0.325. The van der Waals surface area contributed by atoms with Crippen LogP contribution in [0.25, 0.3) is 0 Å². The van der Waals surface area contributed by atoms with E-state index in [0.717, 1.165) is 17.7 Å². The predicted octanol–water partition coefficient (Wildman–Crippen LogP) is 5.16. The van der Waals surface area contributed by atoms with Crippen molar-refractivity contribution in [3.8, 4) is 5.88 Å². The average Bonchev–Trinajstić information content (AvgIpc) is 2.47. The van der Waals surface area contributed by atoms with E-state index in [2.05, 4.69) is 21.9 Å². The molecule has 21 heavy (non-hydrogen) atoms. The molecule has 0 bridgehead atoms. The van der Waals surface area contributed by atoms with Crippen molar-refractivity contribution in [3.05, 3.63) is 33.8 Å². The summed E-state index contributed by atoms with van der Waals surface area (Å²) in [6.45, 7) is 2.64. The quantitative estimate of drug-likeness (QED) is 0.523. The molecular formula is C13H12Cl3N3OS. The van der Waals surface area contributed by atoms with E-state index in [-0.39, 0.29) is 10.3 Å². The Morgan fingerprint density at radius 1 is 1.19 bits per heavy atom. The molecule has 0 aliphatic carbocycles. The Morgan fingerprint density at radius 3 is 2.76 bits per heavy atom. The van der Waals surface area contributed by atoms with Gasteiger partial charge in [-0.2, -0.15) is 0 Å². The second-order valence-corrected chi connectivity index (χ2v) is 6.18. The molecule has 4 nitrogen and oxygen atoms in total. The van der Waals surface area contributed by atoms with E-state index in [4.69, 9.17) is 39.5 Å². The lowest BCUT2D eigenvalue weighted by Crippen LogP contribution is -2.00. The Balaban J connectivity index is 2.17. The molecule has 0 N–H and O–H groups in total. The molecule has 2 aromatic heterocycles. The van der Waals surface area contributed by atoms with Crippen molar-refractivity contribution >= 4 is 46.6 Å². The van der Waals surface area contributed by atoms with E-state index in [9.17, 15) is 0 Å². The van der Waals surface area contributed by atoms with Gasteiger partial charge in [-0.15, -0.1) is 0 Å². The molecule has 0 fully saturated rings. The molecule has 0 unspecified atom stereocenters. The fraction of sp³-hybridized carbons (Fsp3) is 0.308. The van der Waals surface area contributed by atoms with Gasteiger partial charge in [0.1, 0.15) is 10.2 Å². The summed E-state index contributed by atoms with van der Waals surface area (Å²) in [5, 5.41) is 1.50. The Hall–Kier alpha value is -0.750. The Morgan fingerprint density at radius 2 is 2.00 bits per heavy atom. The smallest absolute Gasteiger partial charge is 0.253 e. The van der Waals surface area contributed by atoms with E-state index in [1.165, 1.54) is 11.8 Å². The SMILES string of the molecule is CCCCOc1nc(Sc2ccnc(Cl)c2Cl)cnc1Cl. The normalized spacial score (nSPS) is 10.7. The monoisotopic (exact) mass is 363 g/mol. The van der Waals surface area contributed by atoms with Gasteiger partial charge in [0.25, 0.3) is 5.88 Å². The maximum absolute atomic E-state index is 6.10. The number of aromatic nitrogens is 3. The van der Waals surface area contributed by atoms with Gasteiger partial charge in [-0.05, 0) is 12.5 Å². The van der Waals surface area contributed by atoms with E-state index in [0.29, 0.717) is 22.5 Å². The molecule has 0 aliphatic heterocycles. The molecule has 2 aromatic rings. The van der Waals surface area contributed by atoms with Crippen LogP contribution in [-0.2, 0) is 0 Å². The Bertz CT molecular complexity index is 628. The molecule has 8 heteroatoms. The zero-order chi connectivity index (χ0) is 15.2. The first kappa shape index (κ1) is 16.6. The first-order valence-corrected chi connectivity index (χ1v) is 8.20. The van der Waals surface area contributed by atoms with Crippen molar-refractivity contribution in [2.24, 2.45) is 0 Å². The third-order valence-corrected chi connectivity index (χ3v) is 4.54. The molecule has 0 spiro atoms. The minimum Gasteiger partial charge on any atom is -0.475 e. The third kappa shape index (κ3) is 4.61. The van der Waals surface area contributed by atoms with Crippen LogP contribution in [0.5, 0.6) is 5.88 Å². The van der Waals surface area contributed by atoms with Gasteiger partial charge in [0.15, 0.2) is 5.15 Å². The van der Waals surface area contributed by atoms with Crippen LogP contribution in [-0.4, -0.2) is 21.6 Å². The summed E-state index contributed by atoms with van der Waals surface area (Å²) in [4.78, 5) is 13.1. The van der Waals surface area contributed by atoms with Crippen LogP contribution in [0.4, 0.5) is 0 Å². The standard InChI is InChI=1S/C13H12Cl3N3OS/c1-2-3-6-20-13-12(16)18-7-9(19-13)21-8-4-5-17-11(15)10(8)14/h4-5,7H,2-3,6H2,1H3. The third-order valence-electron chi connectivity index (χ3n) is 2.44. The summed E-state index contributed by atoms with van der Waals surface area (Å²) in [6.07, 6.45) is 5.11. The molecule has 0 aromatic carbocycles. The zero-order valence-electron chi connectivity index (χ0n) is 11.1. The molecule has 0 saturated heterocycles. The Kier molecular flexibility index (Phi) is 6.36. The highest BCUT2D eigenvalue weighted by Gasteiger charge is 2.11. The molecule has 2 rings (SSSR count). The van der Waals surface area contributed by atoms with Gasteiger partial charge in [0, 0.05) is 11.1 Å². The summed E-state index contributed by atoms with van der Waals surface area (Å²) in [5.41, 5.74) is 0. The summed E-state index contributed by atoms with van der Waals surface area (Å²) >= 11 is 19.3. The molecule has 0 amide bonds. The fourth-order valence-corrected chi connectivity index (χ4v) is 2.75. The largest absolute Gasteiger partial charge is 0.475 e. The first-order chi connectivity index (χ1) is 10.1. The van der Waals surface area contributed by atoms with Gasteiger partial charge in [0.2, 0.25) is 0 Å². The van der Waals surface area contributed by atoms with Crippen LogP contribution < -0.4 is 4.74 Å². The fourth-order valence-electron chi connectivity index (χ4n) is 1.39. The number of nitrogens with zero attached hydrogens (tertiary/aromatic N) is 3. The van der Waals surface area contributed by atoms with E-state index in [1.54, 1.807) is 18.5 Å². The van der Waals surface area contributed by atoms with Crippen LogP contribution in [0.3, 0.4) is 0 Å². The summed E-state index contributed by atoms with van der Waals surface area (Å²) in [7, 11) is 0. The molecule has 112 valence electrons. The second kappa shape index (κ2) is 8.03. The van der Waals surface area contributed by atoms with Crippen molar-refractivity contribution in [1.29, 1.82) is 0 Å². The van der Waals surface area contributed by atoms with Gasteiger partial charge < -0.3 is 4.74 Å². The first-order valence-electron chi connectivity index (χ1n) is 6.25. The maximum Gasteiger partial charge on any atom is 0.253 e. The molecule has 0 saturated carbocycles. The summed E-state index contributed by atoms with van der Waals surface area (Å²) in [6, 6.07) is 1.76. The number of rotatable bonds is 6. The highest BCUT2D eigenvalue weighted by Crippen LogP contribution is 2.36. The average molecular weight is 365 g/mol. The number of halogens is 3. The molecule has 2 heterocycles. The number of ether oxygens (including phenoxy) is 1. The van der Waals surface area contributed by atoms with Crippen molar-refractivity contribution in [2.45, 2.75) is 29.7 Å². The number of hydrogen-bond acceptors (Lipinski definition) is 5. The molecule has 0 radical (unpaired) electrons. The Labute approximate surface area is 142 Å². The number of hydrogen-bond donors (Lipinski definition) is 0. The van der Waals surface area contributed by atoms with Crippen molar-refractivity contribution < 1.29 is 4.74 Å². The number of unbranched alkanes of at least 4 members (excludes halogenated alkanes) is 1. The van der Waals surface area contributed by atoms with Gasteiger partial charge in [0.05, 0.1) is 17.8 Å². The van der Waals surface area contributed by atoms with Gasteiger partial charge >= 0.3 is 0 Å². The zero-order valence-corrected chi connectivity index (χ0v) is 14.2. The maximum atomic E-state index is 6.10. The van der Waals surface area contributed by atoms with Crippen molar-refractivity contribution in [2.75, 3.05) is 6.61 Å². The van der Waals surface area contributed by atoms with Crippen LogP contribution in [0.2, 0.25) is 15.3 Å². The van der Waals surface area contributed by atoms with E-state index >= 15 is 0 Å². The topological polar surface area (TPSA) is 47.9 Å². The molecular weight excluding hydrogens is 353 g/mol. The lowest BCUT2D eigenvalue weighted by molar-refractivity contribution is 0.294. The lowest BCUT2D eigenvalue weighted by atomic mass is 10.4. The van der Waals surface area contributed by atoms with Gasteiger partial charge in [-0.3, -0.25) is 0 Å². The second-order valence-electron chi connectivity index (χ2n) is 4.02. The highest BCUT2D eigenvalue weighted by atomic mass is 35.5. The minimum absolute atomic E-state index is 0.245. The van der Waals surface area contributed by atoms with Crippen molar-refractivity contribution in [3.63, 3.8) is 0 Å². The van der Waals surface area contributed by atoms with Gasteiger partial charge in [-0.1, -0.05) is 59.9 Å². The van der Waals surface area contributed by atoms with Crippen molar-refractivity contribution in [1.82, 2.24) is 15.0 Å². The van der Waals surface area contributed by atoms with Gasteiger partial charge in [-0.25, -0.2) is 15.0 Å². The van der Waals surface area contributed by atoms with Crippen LogP contribution in [0.1, 0.15) is 19.8 Å². The highest BCUT2D eigenvalue weighted by molar-refractivity contribution is 7.99. The summed E-state index contributed by atoms with van der Waals surface area (Å²) < 4.78 is 5.52. The molecule has 0 aliphatic rings. The lowest BCUT2D eigenvalue weighted by Gasteiger charge is -2.08. The van der Waals surface area contributed by atoms with E-state index in [1.807, 2.05) is 0 Å². The van der Waals surface area contributed by atoms with Crippen LogP contribution in [0.15, 0.2) is 28.4 Å². The number of pyridine rings is 1. The minimum atomic E-state index is 0.245. The van der Waals surface area contributed by atoms with E-state index < -0.39 is 0 Å². The molecule has 0 atom stereocenters. The van der Waals surface area contributed by atoms with Crippen LogP contribution in [0, 0.1) is 0 Å². The predicted molar refractivity (Wildman–Crippen MR) is 85.8 cm³/mol.